The third-order valence-electron chi connectivity index (χ3n) is 7.71. The van der Waals surface area contributed by atoms with Crippen molar-refractivity contribution in [3.63, 3.8) is 0 Å². The molecule has 2 saturated heterocycles. The first-order valence-corrected chi connectivity index (χ1v) is 12.5. The highest BCUT2D eigenvalue weighted by Crippen LogP contribution is 2.48. The molecule has 0 aromatic heterocycles. The Balaban J connectivity index is 1.46. The fourth-order valence-corrected chi connectivity index (χ4v) is 5.30. The Morgan fingerprint density at radius 2 is 1.68 bits per heavy atom. The lowest BCUT2D eigenvalue weighted by molar-refractivity contribution is -0.382. The predicted octanol–water partition coefficient (Wildman–Crippen LogP) is -3.86. The van der Waals surface area contributed by atoms with Crippen LogP contribution in [0.15, 0.2) is 36.4 Å². The third kappa shape index (κ3) is 4.31. The molecule has 1 unspecified atom stereocenters. The maximum atomic E-state index is 14.7. The number of aliphatic hydroxyl groups is 6. The Morgan fingerprint density at radius 1 is 1.00 bits per heavy atom. The van der Waals surface area contributed by atoms with E-state index in [1.54, 1.807) is 12.1 Å². The minimum absolute atomic E-state index is 0.107. The van der Waals surface area contributed by atoms with E-state index < -0.39 is 64.2 Å². The van der Waals surface area contributed by atoms with Crippen LogP contribution in [0.1, 0.15) is 27.0 Å². The zero-order valence-corrected chi connectivity index (χ0v) is 21.7. The number of piperidine rings is 1. The van der Waals surface area contributed by atoms with E-state index in [2.05, 4.69) is 4.90 Å². The van der Waals surface area contributed by atoms with Gasteiger partial charge in [0.15, 0.2) is 13.3 Å². The van der Waals surface area contributed by atoms with Gasteiger partial charge < -0.3 is 40.1 Å². The van der Waals surface area contributed by atoms with Crippen molar-refractivity contribution in [2.75, 3.05) is 26.3 Å². The fourth-order valence-electron chi connectivity index (χ4n) is 5.30. The Bertz CT molecular complexity index is 1430. The van der Waals surface area contributed by atoms with E-state index in [0.717, 1.165) is 11.6 Å². The molecule has 2 aromatic carbocycles. The summed E-state index contributed by atoms with van der Waals surface area (Å²) in [5.74, 6) is -17.6. The highest BCUT2D eigenvalue weighted by molar-refractivity contribution is 6.34. The molecule has 14 nitrogen and oxygen atoms in total. The number of nitrogens with one attached hydrogen (secondary N) is 1. The van der Waals surface area contributed by atoms with Crippen molar-refractivity contribution in [2.24, 2.45) is 0 Å². The van der Waals surface area contributed by atoms with Crippen molar-refractivity contribution >= 4 is 25.6 Å². The van der Waals surface area contributed by atoms with E-state index in [1.165, 1.54) is 23.5 Å². The lowest BCUT2D eigenvalue weighted by Gasteiger charge is -2.54. The van der Waals surface area contributed by atoms with Crippen LogP contribution in [-0.4, -0.2) is 109 Å². The molecule has 16 heteroatoms. The van der Waals surface area contributed by atoms with Crippen LogP contribution in [0.5, 0.6) is 5.75 Å². The third-order valence-corrected chi connectivity index (χ3v) is 7.71. The van der Waals surface area contributed by atoms with Crippen LogP contribution in [0, 0.1) is 5.82 Å². The predicted molar refractivity (Wildman–Crippen MR) is 134 cm³/mol. The first-order chi connectivity index (χ1) is 19.1. The standard InChI is InChI=1S/C25H27BFN3O11/c26-22(20(32)28-21(33)23(34,35)25(22,38)39)30-19(31)15-2-1-3-17(18(15)24(30,36)37)41-12-14-10-13(4-5-16(14)27)11-29-6-8-40-9-7-29/h1-5,10,34-39H,6-9,11-12,26H2,(H,28,32,33). The molecule has 3 heterocycles. The molecule has 0 bridgehead atoms. The second kappa shape index (κ2) is 9.82. The van der Waals surface area contributed by atoms with Crippen LogP contribution in [0.25, 0.3) is 0 Å². The molecule has 0 spiro atoms. The SMILES string of the molecule is BC1(N2C(=O)c3cccc(OCc4cc(CN5CCOCC5)ccc4F)c3C2(O)O)C(=O)NC(=O)C(O)(O)C1(O)O. The molecule has 3 aliphatic rings. The summed E-state index contributed by atoms with van der Waals surface area (Å²) in [7, 11) is 0.594. The van der Waals surface area contributed by atoms with Gasteiger partial charge >= 0.3 is 5.79 Å². The van der Waals surface area contributed by atoms with Crippen molar-refractivity contribution in [3.05, 3.63) is 64.5 Å². The van der Waals surface area contributed by atoms with Gasteiger partial charge in [-0.05, 0) is 29.8 Å². The molecule has 3 amide bonds. The van der Waals surface area contributed by atoms with E-state index in [9.17, 15) is 49.4 Å². The van der Waals surface area contributed by atoms with E-state index >= 15 is 0 Å². The zero-order valence-electron chi connectivity index (χ0n) is 21.7. The lowest BCUT2D eigenvalue weighted by atomic mass is 9.63. The lowest BCUT2D eigenvalue weighted by Crippen LogP contribution is -2.87. The Hall–Kier alpha value is -3.48. The maximum absolute atomic E-state index is 14.7. The number of ether oxygens (including phenoxy) is 2. The first kappa shape index (κ1) is 29.0. The second-order valence-electron chi connectivity index (χ2n) is 10.3. The van der Waals surface area contributed by atoms with Gasteiger partial charge in [0, 0.05) is 25.2 Å². The van der Waals surface area contributed by atoms with Gasteiger partial charge in [-0.15, -0.1) is 0 Å². The monoisotopic (exact) mass is 575 g/mol. The van der Waals surface area contributed by atoms with Gasteiger partial charge in [-0.3, -0.25) is 29.5 Å². The number of amides is 3. The summed E-state index contributed by atoms with van der Waals surface area (Å²) < 4.78 is 25.7. The van der Waals surface area contributed by atoms with Crippen LogP contribution < -0.4 is 10.1 Å². The number of fused-ring (bicyclic) bond motifs is 1. The summed E-state index contributed by atoms with van der Waals surface area (Å²) in [6.45, 7) is 2.69. The summed E-state index contributed by atoms with van der Waals surface area (Å²) >= 11 is 0. The Labute approximate surface area is 232 Å². The van der Waals surface area contributed by atoms with Crippen LogP contribution in [0.4, 0.5) is 4.39 Å². The van der Waals surface area contributed by atoms with Gasteiger partial charge in [-0.1, -0.05) is 12.1 Å². The number of rotatable bonds is 6. The minimum Gasteiger partial charge on any atom is -0.488 e. The topological polar surface area (TPSA) is 210 Å². The fraction of sp³-hybridized carbons (Fsp3) is 0.400. The number of halogens is 1. The molecule has 5 rings (SSSR count). The molecule has 1 atom stereocenters. The molecule has 0 saturated carbocycles. The first-order valence-electron chi connectivity index (χ1n) is 12.5. The smallest absolute Gasteiger partial charge is 0.303 e. The molecule has 7 N–H and O–H groups in total. The van der Waals surface area contributed by atoms with Crippen LogP contribution in [0.2, 0.25) is 0 Å². The average Bonchev–Trinajstić information content (AvgIpc) is 3.13. The number of hydrogen-bond donors (Lipinski definition) is 7. The van der Waals surface area contributed by atoms with E-state index in [1.807, 2.05) is 0 Å². The number of carbonyl (C=O) groups excluding carboxylic acids is 3. The van der Waals surface area contributed by atoms with Gasteiger partial charge in [0.2, 0.25) is 5.91 Å². The van der Waals surface area contributed by atoms with Gasteiger partial charge in [0.1, 0.15) is 18.2 Å². The largest absolute Gasteiger partial charge is 0.488 e. The number of nitrogens with zero attached hydrogens (tertiary/aromatic N) is 2. The molecule has 2 aromatic rings. The average molecular weight is 575 g/mol. The summed E-state index contributed by atoms with van der Waals surface area (Å²) in [5.41, 5.74) is -3.45. The molecule has 41 heavy (non-hydrogen) atoms. The van der Waals surface area contributed by atoms with Gasteiger partial charge in [-0.25, -0.2) is 4.39 Å². The molecule has 2 fully saturated rings. The van der Waals surface area contributed by atoms with Crippen molar-refractivity contribution in [2.45, 2.75) is 36.1 Å². The number of morpholine rings is 1. The number of imide groups is 1. The van der Waals surface area contributed by atoms with Crippen molar-refractivity contribution < 1.29 is 58.9 Å². The summed E-state index contributed by atoms with van der Waals surface area (Å²) in [6.07, 6.45) is 0. The van der Waals surface area contributed by atoms with Crippen molar-refractivity contribution in [1.29, 1.82) is 0 Å². The zero-order chi connectivity index (χ0) is 30.0. The molecule has 3 aliphatic heterocycles. The van der Waals surface area contributed by atoms with Crippen LogP contribution >= 0.6 is 0 Å². The summed E-state index contributed by atoms with van der Waals surface area (Å²) in [5, 5.41) is 65.3. The number of carbonyl (C=O) groups is 3. The number of benzene rings is 2. The number of hydrogen-bond acceptors (Lipinski definition) is 12. The van der Waals surface area contributed by atoms with Gasteiger partial charge in [0.25, 0.3) is 23.5 Å². The Kier molecular flexibility index (Phi) is 6.95. The van der Waals surface area contributed by atoms with E-state index in [0.29, 0.717) is 40.7 Å². The Morgan fingerprint density at radius 3 is 2.37 bits per heavy atom. The van der Waals surface area contributed by atoms with Crippen molar-refractivity contribution in [1.82, 2.24) is 15.1 Å². The highest BCUT2D eigenvalue weighted by Gasteiger charge is 2.76. The van der Waals surface area contributed by atoms with Gasteiger partial charge in [0.05, 0.1) is 24.3 Å². The van der Waals surface area contributed by atoms with Crippen LogP contribution in [-0.2, 0) is 33.4 Å². The molecule has 218 valence electrons. The maximum Gasteiger partial charge on any atom is 0.303 e. The van der Waals surface area contributed by atoms with Crippen molar-refractivity contribution in [3.8, 4) is 5.75 Å². The summed E-state index contributed by atoms with van der Waals surface area (Å²) in [4.78, 5) is 40.1. The minimum atomic E-state index is -4.13. The molecule has 0 radical (unpaired) electrons. The quantitative estimate of drug-likeness (QED) is 0.100. The van der Waals surface area contributed by atoms with E-state index in [4.69, 9.17) is 9.47 Å². The second-order valence-corrected chi connectivity index (χ2v) is 10.3. The molecule has 0 aliphatic carbocycles. The summed E-state index contributed by atoms with van der Waals surface area (Å²) in [6, 6.07) is 8.10. The molecular weight excluding hydrogens is 548 g/mol. The normalized spacial score (nSPS) is 25.1. The van der Waals surface area contributed by atoms with Crippen LogP contribution in [0.3, 0.4) is 0 Å². The highest BCUT2D eigenvalue weighted by atomic mass is 19.1. The van der Waals surface area contributed by atoms with Gasteiger partial charge in [-0.2, -0.15) is 0 Å². The van der Waals surface area contributed by atoms with E-state index in [-0.39, 0.29) is 16.2 Å². The molecular formula is C25H27BFN3O11.